The summed E-state index contributed by atoms with van der Waals surface area (Å²) in [6.07, 6.45) is 5.66. The molecule has 0 saturated heterocycles. The molecule has 11 heteroatoms. The van der Waals surface area contributed by atoms with Gasteiger partial charge < -0.3 is 15.6 Å². The Morgan fingerprint density at radius 2 is 2.03 bits per heavy atom. The van der Waals surface area contributed by atoms with Gasteiger partial charge in [-0.05, 0) is 37.0 Å². The molecule has 0 spiro atoms. The molecule has 2 atom stereocenters. The lowest BCUT2D eigenvalue weighted by Gasteiger charge is -2.22. The standard InChI is InChI=1S/C23H22N8O3/c1-13-25-12-15(21(33)26-13)7-8-18(32)28-19-16-6-3-2-5-14(16)11-17(19)27-22(34)20-29-23-24-9-4-10-31(23)30-20/h2-6,9-10,12,17,19H,7-8,11H2,1H3,(H,27,34)(H,28,32)(H,25,26,33)/t17-,19-/m1/s1. The smallest absolute Gasteiger partial charge is 0.291 e. The van der Waals surface area contributed by atoms with Crippen molar-refractivity contribution in [3.63, 3.8) is 0 Å². The van der Waals surface area contributed by atoms with Crippen molar-refractivity contribution < 1.29 is 9.59 Å². The Balaban J connectivity index is 1.30. The second kappa shape index (κ2) is 8.85. The Labute approximate surface area is 193 Å². The average molecular weight is 458 g/mol. The van der Waals surface area contributed by atoms with Crippen LogP contribution in [0.2, 0.25) is 0 Å². The van der Waals surface area contributed by atoms with Gasteiger partial charge in [0.25, 0.3) is 17.2 Å². The van der Waals surface area contributed by atoms with E-state index in [1.54, 1.807) is 25.4 Å². The first kappa shape index (κ1) is 21.4. The van der Waals surface area contributed by atoms with Gasteiger partial charge in [-0.2, -0.15) is 4.98 Å². The number of benzene rings is 1. The molecule has 1 aliphatic rings. The molecule has 0 aliphatic heterocycles. The van der Waals surface area contributed by atoms with Gasteiger partial charge >= 0.3 is 0 Å². The number of hydrogen-bond donors (Lipinski definition) is 3. The number of carbonyl (C=O) groups is 2. The molecule has 0 radical (unpaired) electrons. The van der Waals surface area contributed by atoms with Crippen LogP contribution in [0.3, 0.4) is 0 Å². The van der Waals surface area contributed by atoms with Crippen LogP contribution in [0.15, 0.2) is 53.7 Å². The van der Waals surface area contributed by atoms with Crippen molar-refractivity contribution in [1.29, 1.82) is 0 Å². The molecule has 0 fully saturated rings. The molecule has 1 aromatic carbocycles. The lowest BCUT2D eigenvalue weighted by atomic mass is 10.1. The number of rotatable bonds is 6. The van der Waals surface area contributed by atoms with E-state index in [1.807, 2.05) is 24.3 Å². The summed E-state index contributed by atoms with van der Waals surface area (Å²) in [6, 6.07) is 8.64. The fourth-order valence-corrected chi connectivity index (χ4v) is 4.15. The summed E-state index contributed by atoms with van der Waals surface area (Å²) in [7, 11) is 0. The zero-order valence-corrected chi connectivity index (χ0v) is 18.4. The third-order valence-corrected chi connectivity index (χ3v) is 5.81. The number of aromatic amines is 1. The number of fused-ring (bicyclic) bond motifs is 2. The van der Waals surface area contributed by atoms with Crippen molar-refractivity contribution >= 4 is 17.6 Å². The topological polar surface area (TPSA) is 147 Å². The third kappa shape index (κ3) is 4.27. The van der Waals surface area contributed by atoms with Crippen LogP contribution in [0.1, 0.15) is 45.6 Å². The Morgan fingerprint density at radius 3 is 2.85 bits per heavy atom. The molecule has 3 N–H and O–H groups in total. The van der Waals surface area contributed by atoms with Crippen molar-refractivity contribution in [3.05, 3.63) is 87.6 Å². The van der Waals surface area contributed by atoms with Gasteiger partial charge in [-0.25, -0.2) is 14.5 Å². The second-order valence-corrected chi connectivity index (χ2v) is 8.15. The van der Waals surface area contributed by atoms with Gasteiger partial charge in [-0.15, -0.1) is 5.10 Å². The van der Waals surface area contributed by atoms with Crippen LogP contribution in [0.5, 0.6) is 0 Å². The van der Waals surface area contributed by atoms with Gasteiger partial charge in [0.2, 0.25) is 11.7 Å². The van der Waals surface area contributed by atoms with Gasteiger partial charge in [0.05, 0.1) is 12.1 Å². The van der Waals surface area contributed by atoms with E-state index >= 15 is 0 Å². The molecule has 3 aromatic heterocycles. The first-order valence-corrected chi connectivity index (χ1v) is 10.9. The summed E-state index contributed by atoms with van der Waals surface area (Å²) in [5.41, 5.74) is 2.19. The predicted octanol–water partition coefficient (Wildman–Crippen LogP) is 0.661. The molecule has 4 aromatic rings. The van der Waals surface area contributed by atoms with E-state index in [4.69, 9.17) is 0 Å². The number of amides is 2. The Kier molecular flexibility index (Phi) is 5.58. The second-order valence-electron chi connectivity index (χ2n) is 8.15. The monoisotopic (exact) mass is 458 g/mol. The Morgan fingerprint density at radius 1 is 1.18 bits per heavy atom. The number of nitrogens with one attached hydrogen (secondary N) is 3. The highest BCUT2D eigenvalue weighted by Gasteiger charge is 2.35. The van der Waals surface area contributed by atoms with Crippen molar-refractivity contribution in [2.45, 2.75) is 38.3 Å². The molecule has 0 unspecified atom stereocenters. The maximum absolute atomic E-state index is 12.9. The quantitative estimate of drug-likeness (QED) is 0.385. The summed E-state index contributed by atoms with van der Waals surface area (Å²) in [6.45, 7) is 1.70. The minimum Gasteiger partial charge on any atom is -0.347 e. The largest absolute Gasteiger partial charge is 0.347 e. The van der Waals surface area contributed by atoms with E-state index in [9.17, 15) is 14.4 Å². The molecule has 3 heterocycles. The maximum atomic E-state index is 12.9. The highest BCUT2D eigenvalue weighted by atomic mass is 16.2. The zero-order valence-electron chi connectivity index (χ0n) is 18.4. The number of carbonyl (C=O) groups excluding carboxylic acids is 2. The van der Waals surface area contributed by atoms with E-state index in [2.05, 4.69) is 35.7 Å². The first-order chi connectivity index (χ1) is 16.5. The molecule has 34 heavy (non-hydrogen) atoms. The summed E-state index contributed by atoms with van der Waals surface area (Å²) >= 11 is 0. The van der Waals surface area contributed by atoms with Crippen molar-refractivity contribution in [2.75, 3.05) is 0 Å². The molecule has 172 valence electrons. The number of aryl methyl sites for hydroxylation is 2. The van der Waals surface area contributed by atoms with Crippen molar-refractivity contribution in [2.24, 2.45) is 0 Å². The molecule has 0 saturated carbocycles. The van der Waals surface area contributed by atoms with Gasteiger partial charge in [-0.1, -0.05) is 24.3 Å². The fourth-order valence-electron chi connectivity index (χ4n) is 4.15. The first-order valence-electron chi connectivity index (χ1n) is 10.9. The maximum Gasteiger partial charge on any atom is 0.291 e. The van der Waals surface area contributed by atoms with Crippen LogP contribution in [-0.4, -0.2) is 47.4 Å². The SMILES string of the molecule is Cc1ncc(CCC(=O)N[C@@H]2c3ccccc3C[C@H]2NC(=O)c2nc3ncccn3n2)c(=O)[nH]1. The fraction of sp³-hybridized carbons (Fsp3) is 0.261. The van der Waals surface area contributed by atoms with Crippen LogP contribution in [0.25, 0.3) is 5.78 Å². The van der Waals surface area contributed by atoms with E-state index in [1.165, 1.54) is 10.7 Å². The minimum absolute atomic E-state index is 0.00540. The number of aromatic nitrogens is 6. The van der Waals surface area contributed by atoms with Crippen LogP contribution in [-0.2, 0) is 17.6 Å². The predicted molar refractivity (Wildman–Crippen MR) is 121 cm³/mol. The Hall–Kier alpha value is -4.41. The number of H-pyrrole nitrogens is 1. The summed E-state index contributed by atoms with van der Waals surface area (Å²) in [4.78, 5) is 52.7. The molecular weight excluding hydrogens is 436 g/mol. The van der Waals surface area contributed by atoms with Crippen LogP contribution >= 0.6 is 0 Å². The Bertz CT molecular complexity index is 1410. The van der Waals surface area contributed by atoms with Crippen LogP contribution < -0.4 is 16.2 Å². The van der Waals surface area contributed by atoms with Crippen molar-refractivity contribution in [3.8, 4) is 0 Å². The average Bonchev–Trinajstić information content (AvgIpc) is 3.40. The molecule has 5 rings (SSSR count). The normalized spacial score (nSPS) is 16.9. The highest BCUT2D eigenvalue weighted by Crippen LogP contribution is 2.31. The molecule has 1 aliphatic carbocycles. The minimum atomic E-state index is -0.445. The summed E-state index contributed by atoms with van der Waals surface area (Å²) in [5.74, 6) is 0.185. The molecular formula is C23H22N8O3. The van der Waals surface area contributed by atoms with Gasteiger partial charge in [0.1, 0.15) is 5.82 Å². The van der Waals surface area contributed by atoms with Gasteiger partial charge in [0, 0.05) is 30.6 Å². The van der Waals surface area contributed by atoms with Crippen LogP contribution in [0.4, 0.5) is 0 Å². The van der Waals surface area contributed by atoms with Gasteiger partial charge in [0.15, 0.2) is 0 Å². The van der Waals surface area contributed by atoms with E-state index in [0.29, 0.717) is 23.6 Å². The lowest BCUT2D eigenvalue weighted by molar-refractivity contribution is -0.122. The van der Waals surface area contributed by atoms with E-state index in [-0.39, 0.29) is 36.2 Å². The summed E-state index contributed by atoms with van der Waals surface area (Å²) in [5, 5.41) is 10.2. The molecule has 11 nitrogen and oxygen atoms in total. The number of nitrogens with zero attached hydrogens (tertiary/aromatic N) is 5. The van der Waals surface area contributed by atoms with Crippen molar-refractivity contribution in [1.82, 2.24) is 40.2 Å². The number of hydrogen-bond acceptors (Lipinski definition) is 7. The van der Waals surface area contributed by atoms with Crippen LogP contribution in [0, 0.1) is 6.92 Å². The van der Waals surface area contributed by atoms with Gasteiger partial charge in [-0.3, -0.25) is 14.4 Å². The molecule has 2 amide bonds. The zero-order chi connectivity index (χ0) is 23.7. The highest BCUT2D eigenvalue weighted by molar-refractivity contribution is 5.91. The van der Waals surface area contributed by atoms with E-state index in [0.717, 1.165) is 11.1 Å². The third-order valence-electron chi connectivity index (χ3n) is 5.81. The summed E-state index contributed by atoms with van der Waals surface area (Å²) < 4.78 is 1.43. The molecule has 0 bridgehead atoms. The van der Waals surface area contributed by atoms with E-state index < -0.39 is 11.9 Å². The lowest BCUT2D eigenvalue weighted by Crippen LogP contribution is -2.44.